The zero-order valence-electron chi connectivity index (χ0n) is 9.86. The van der Waals surface area contributed by atoms with Crippen molar-refractivity contribution in [2.24, 2.45) is 17.3 Å². The Bertz CT molecular complexity index is 330. The molecule has 0 saturated carbocycles. The molecular formula is C14H20O2. The molecule has 2 aliphatic carbocycles. The maximum atomic E-state index is 11.5. The molecule has 0 aromatic rings. The van der Waals surface area contributed by atoms with E-state index in [0.29, 0.717) is 5.92 Å². The molecule has 1 N–H and O–H groups in total. The number of allylic oxidation sites excluding steroid dienone is 4. The van der Waals surface area contributed by atoms with Crippen molar-refractivity contribution in [2.75, 3.05) is 0 Å². The molecular weight excluding hydrogens is 200 g/mol. The molecule has 0 heterocycles. The average molecular weight is 220 g/mol. The Morgan fingerprint density at radius 3 is 2.75 bits per heavy atom. The van der Waals surface area contributed by atoms with Gasteiger partial charge in [0.1, 0.15) is 0 Å². The third kappa shape index (κ3) is 1.93. The highest BCUT2D eigenvalue weighted by Crippen LogP contribution is 2.45. The fraction of sp³-hybridized carbons (Fsp3) is 0.643. The number of hydrogen-bond donors (Lipinski definition) is 1. The summed E-state index contributed by atoms with van der Waals surface area (Å²) in [6, 6.07) is 0. The summed E-state index contributed by atoms with van der Waals surface area (Å²) in [7, 11) is 0. The first-order chi connectivity index (χ1) is 7.64. The molecule has 2 heteroatoms. The molecule has 0 aromatic carbocycles. The first kappa shape index (κ1) is 11.4. The smallest absolute Gasteiger partial charge is 0.309 e. The molecule has 3 atom stereocenters. The van der Waals surface area contributed by atoms with E-state index in [9.17, 15) is 9.90 Å². The van der Waals surface area contributed by atoms with Crippen LogP contribution in [0.2, 0.25) is 0 Å². The van der Waals surface area contributed by atoms with Crippen molar-refractivity contribution in [1.29, 1.82) is 0 Å². The van der Waals surface area contributed by atoms with E-state index in [1.807, 2.05) is 6.92 Å². The molecule has 2 aliphatic rings. The summed E-state index contributed by atoms with van der Waals surface area (Å²) in [4.78, 5) is 11.5. The van der Waals surface area contributed by atoms with Crippen LogP contribution >= 0.6 is 0 Å². The minimum atomic E-state index is -0.628. The lowest BCUT2D eigenvalue weighted by Crippen LogP contribution is -2.40. The Morgan fingerprint density at radius 2 is 2.12 bits per heavy atom. The van der Waals surface area contributed by atoms with Crippen LogP contribution in [0, 0.1) is 17.3 Å². The Hall–Kier alpha value is -1.05. The van der Waals surface area contributed by atoms with E-state index in [2.05, 4.69) is 24.3 Å². The zero-order valence-corrected chi connectivity index (χ0v) is 9.86. The molecule has 0 bridgehead atoms. The Kier molecular flexibility index (Phi) is 3.17. The van der Waals surface area contributed by atoms with Crippen LogP contribution in [0.25, 0.3) is 0 Å². The van der Waals surface area contributed by atoms with Gasteiger partial charge in [0.05, 0.1) is 5.41 Å². The van der Waals surface area contributed by atoms with E-state index < -0.39 is 11.4 Å². The van der Waals surface area contributed by atoms with Gasteiger partial charge in [-0.05, 0) is 50.9 Å². The predicted octanol–water partition coefficient (Wildman–Crippen LogP) is 3.40. The van der Waals surface area contributed by atoms with Crippen molar-refractivity contribution in [3.8, 4) is 0 Å². The zero-order chi connectivity index (χ0) is 11.6. The lowest BCUT2D eigenvalue weighted by Gasteiger charge is -2.40. The SMILES string of the molecule is CC1(C(=O)O)CCC=CC1C1CC=CCC1. The molecule has 16 heavy (non-hydrogen) atoms. The number of rotatable bonds is 2. The van der Waals surface area contributed by atoms with Crippen LogP contribution in [0.4, 0.5) is 0 Å². The molecule has 0 aliphatic heterocycles. The van der Waals surface area contributed by atoms with Crippen LogP contribution < -0.4 is 0 Å². The van der Waals surface area contributed by atoms with Crippen LogP contribution in [-0.4, -0.2) is 11.1 Å². The minimum Gasteiger partial charge on any atom is -0.481 e. The molecule has 2 nitrogen and oxygen atoms in total. The summed E-state index contributed by atoms with van der Waals surface area (Å²) in [5, 5.41) is 9.45. The molecule has 0 saturated heterocycles. The monoisotopic (exact) mass is 220 g/mol. The van der Waals surface area contributed by atoms with Gasteiger partial charge in [0.2, 0.25) is 0 Å². The largest absolute Gasteiger partial charge is 0.481 e. The van der Waals surface area contributed by atoms with Gasteiger partial charge in [-0.3, -0.25) is 4.79 Å². The summed E-state index contributed by atoms with van der Waals surface area (Å²) < 4.78 is 0. The molecule has 3 unspecified atom stereocenters. The Labute approximate surface area is 97.0 Å². The highest BCUT2D eigenvalue weighted by Gasteiger charge is 2.44. The lowest BCUT2D eigenvalue weighted by molar-refractivity contribution is -0.152. The maximum Gasteiger partial charge on any atom is 0.309 e. The van der Waals surface area contributed by atoms with Gasteiger partial charge in [-0.2, -0.15) is 0 Å². The highest BCUT2D eigenvalue weighted by molar-refractivity contribution is 5.75. The van der Waals surface area contributed by atoms with E-state index >= 15 is 0 Å². The van der Waals surface area contributed by atoms with Crippen molar-refractivity contribution in [1.82, 2.24) is 0 Å². The normalized spacial score (nSPS) is 38.6. The fourth-order valence-corrected chi connectivity index (χ4v) is 3.08. The van der Waals surface area contributed by atoms with E-state index in [1.165, 1.54) is 0 Å². The number of aliphatic carboxylic acids is 1. The summed E-state index contributed by atoms with van der Waals surface area (Å²) in [5.74, 6) is 0.0998. The third-order valence-electron chi connectivity index (χ3n) is 4.22. The summed E-state index contributed by atoms with van der Waals surface area (Å²) in [6.07, 6.45) is 13.7. The quantitative estimate of drug-likeness (QED) is 0.724. The first-order valence-corrected chi connectivity index (χ1v) is 6.19. The van der Waals surface area contributed by atoms with E-state index in [0.717, 1.165) is 32.1 Å². The van der Waals surface area contributed by atoms with Gasteiger partial charge in [0, 0.05) is 0 Å². The fourth-order valence-electron chi connectivity index (χ4n) is 3.08. The lowest BCUT2D eigenvalue weighted by atomic mass is 9.63. The Balaban J connectivity index is 2.22. The van der Waals surface area contributed by atoms with Crippen LogP contribution in [0.1, 0.15) is 39.0 Å². The van der Waals surface area contributed by atoms with Gasteiger partial charge < -0.3 is 5.11 Å². The van der Waals surface area contributed by atoms with Gasteiger partial charge in [-0.15, -0.1) is 0 Å². The minimum absolute atomic E-state index is 0.212. The van der Waals surface area contributed by atoms with Crippen LogP contribution in [-0.2, 0) is 4.79 Å². The standard InChI is InChI=1S/C14H20O2/c1-14(13(15)16)10-6-5-9-12(14)11-7-3-2-4-8-11/h2-3,5,9,11-12H,4,6-8,10H2,1H3,(H,15,16). The van der Waals surface area contributed by atoms with Crippen molar-refractivity contribution in [3.05, 3.63) is 24.3 Å². The van der Waals surface area contributed by atoms with Crippen molar-refractivity contribution < 1.29 is 9.90 Å². The van der Waals surface area contributed by atoms with Crippen LogP contribution in [0.5, 0.6) is 0 Å². The summed E-state index contributed by atoms with van der Waals surface area (Å²) >= 11 is 0. The summed E-state index contributed by atoms with van der Waals surface area (Å²) in [6.45, 7) is 1.92. The second-order valence-electron chi connectivity index (χ2n) is 5.26. The second-order valence-corrected chi connectivity index (χ2v) is 5.26. The molecule has 0 amide bonds. The number of carboxylic acid groups (broad SMARTS) is 1. The van der Waals surface area contributed by atoms with Gasteiger partial charge >= 0.3 is 5.97 Å². The van der Waals surface area contributed by atoms with Crippen molar-refractivity contribution in [3.63, 3.8) is 0 Å². The molecule has 88 valence electrons. The molecule has 0 spiro atoms. The van der Waals surface area contributed by atoms with Gasteiger partial charge in [0.25, 0.3) is 0 Å². The van der Waals surface area contributed by atoms with Crippen molar-refractivity contribution in [2.45, 2.75) is 39.0 Å². The van der Waals surface area contributed by atoms with E-state index in [-0.39, 0.29) is 5.92 Å². The molecule has 0 aromatic heterocycles. The van der Waals surface area contributed by atoms with E-state index in [1.54, 1.807) is 0 Å². The molecule has 2 rings (SSSR count). The van der Waals surface area contributed by atoms with Gasteiger partial charge in [-0.1, -0.05) is 24.3 Å². The van der Waals surface area contributed by atoms with Gasteiger partial charge in [0.15, 0.2) is 0 Å². The molecule has 0 radical (unpaired) electrons. The molecule has 0 fully saturated rings. The average Bonchev–Trinajstić information content (AvgIpc) is 2.30. The maximum absolute atomic E-state index is 11.5. The van der Waals surface area contributed by atoms with E-state index in [4.69, 9.17) is 0 Å². The second kappa shape index (κ2) is 4.44. The number of carboxylic acids is 1. The Morgan fingerprint density at radius 1 is 1.31 bits per heavy atom. The van der Waals surface area contributed by atoms with Gasteiger partial charge in [-0.25, -0.2) is 0 Å². The number of carbonyl (C=O) groups is 1. The van der Waals surface area contributed by atoms with Crippen LogP contribution in [0.3, 0.4) is 0 Å². The topological polar surface area (TPSA) is 37.3 Å². The predicted molar refractivity (Wildman–Crippen MR) is 64.1 cm³/mol. The number of hydrogen-bond acceptors (Lipinski definition) is 1. The first-order valence-electron chi connectivity index (χ1n) is 6.19. The van der Waals surface area contributed by atoms with Crippen molar-refractivity contribution >= 4 is 5.97 Å². The highest BCUT2D eigenvalue weighted by atomic mass is 16.4. The summed E-state index contributed by atoms with van der Waals surface area (Å²) in [5.41, 5.74) is -0.551. The van der Waals surface area contributed by atoms with Crippen LogP contribution in [0.15, 0.2) is 24.3 Å². The third-order valence-corrected chi connectivity index (χ3v) is 4.22.